The smallest absolute Gasteiger partial charge is 0.371 e. The summed E-state index contributed by atoms with van der Waals surface area (Å²) in [5.41, 5.74) is -0.439. The Hall–Kier alpha value is -4.67. The summed E-state index contributed by atoms with van der Waals surface area (Å²) >= 11 is 0. The number of nitrogens with one attached hydrogen (secondary N) is 1. The molecule has 0 bridgehead atoms. The summed E-state index contributed by atoms with van der Waals surface area (Å²) in [6.45, 7) is 5.67. The molecule has 0 aliphatic carbocycles. The molecular weight excluding hydrogens is 568 g/mol. The van der Waals surface area contributed by atoms with Gasteiger partial charge < -0.3 is 5.32 Å². The summed E-state index contributed by atoms with van der Waals surface area (Å²) in [7, 11) is 0. The number of benzene rings is 4. The third kappa shape index (κ3) is 6.25. The molecule has 5 rings (SSSR count). The molecule has 1 N–H and O–H groups in total. The number of hydrogen-bond donors (Lipinski definition) is 1. The Kier molecular flexibility index (Phi) is 7.76. The first kappa shape index (κ1) is 29.8. The van der Waals surface area contributed by atoms with Crippen molar-refractivity contribution in [2.24, 2.45) is 0 Å². The predicted octanol–water partition coefficient (Wildman–Crippen LogP) is 9.00. The topological polar surface area (TPSA) is 55.6 Å². The highest BCUT2D eigenvalue weighted by Gasteiger charge is 2.36. The van der Waals surface area contributed by atoms with Gasteiger partial charge in [0, 0.05) is 5.69 Å². The fourth-order valence-corrected chi connectivity index (χ4v) is 4.99. The molecule has 0 spiro atoms. The van der Waals surface area contributed by atoms with Gasteiger partial charge in [-0.05, 0) is 83.3 Å². The summed E-state index contributed by atoms with van der Waals surface area (Å²) < 4.78 is 84.7. The van der Waals surface area contributed by atoms with Crippen LogP contribution in [0.15, 0.2) is 97.1 Å². The quantitative estimate of drug-likeness (QED) is 0.199. The molecule has 0 aliphatic rings. The van der Waals surface area contributed by atoms with Crippen molar-refractivity contribution >= 4 is 5.69 Å². The minimum atomic E-state index is -4.60. The number of anilines is 1. The van der Waals surface area contributed by atoms with Crippen molar-refractivity contribution in [3.8, 4) is 22.3 Å². The van der Waals surface area contributed by atoms with Crippen molar-refractivity contribution in [1.29, 1.82) is 0 Å². The molecule has 43 heavy (non-hydrogen) atoms. The summed E-state index contributed by atoms with van der Waals surface area (Å²) in [5, 5.41) is 15.6. The van der Waals surface area contributed by atoms with Gasteiger partial charge >= 0.3 is 12.4 Å². The van der Waals surface area contributed by atoms with Crippen LogP contribution in [0.1, 0.15) is 49.3 Å². The van der Waals surface area contributed by atoms with Crippen LogP contribution in [0.5, 0.6) is 0 Å². The second kappa shape index (κ2) is 11.2. The van der Waals surface area contributed by atoms with Crippen LogP contribution in [0.3, 0.4) is 0 Å². The van der Waals surface area contributed by atoms with Gasteiger partial charge in [0.15, 0.2) is 5.82 Å². The lowest BCUT2D eigenvalue weighted by molar-refractivity contribution is -0.137. The zero-order valence-corrected chi connectivity index (χ0v) is 23.4. The number of tetrazole rings is 1. The standard InChI is InChI=1S/C32H27F6N5/c1-30(2,3)43-29(40-41-42-43)28(25-13-5-4-11-23(25)24-12-7-9-15-27(24)32(36,37)38)39-21-18-16-20(17-19-21)22-10-6-8-14-26(22)31(33,34)35/h4-19,28,39H,1-3H3/t28-/m1/s1. The number of halogens is 6. The van der Waals surface area contributed by atoms with Crippen LogP contribution in [-0.4, -0.2) is 20.2 Å². The molecule has 5 aromatic rings. The van der Waals surface area contributed by atoms with Gasteiger partial charge in [0.1, 0.15) is 6.04 Å². The van der Waals surface area contributed by atoms with Crippen molar-refractivity contribution in [1.82, 2.24) is 20.2 Å². The minimum absolute atomic E-state index is 0.00807. The molecule has 0 fully saturated rings. The van der Waals surface area contributed by atoms with Crippen LogP contribution in [0.2, 0.25) is 0 Å². The molecule has 1 atom stereocenters. The zero-order valence-electron chi connectivity index (χ0n) is 23.4. The molecule has 1 aromatic heterocycles. The van der Waals surface area contributed by atoms with Crippen molar-refractivity contribution < 1.29 is 26.3 Å². The molecular formula is C32H27F6N5. The van der Waals surface area contributed by atoms with Crippen LogP contribution >= 0.6 is 0 Å². The number of hydrogen-bond acceptors (Lipinski definition) is 4. The Balaban J connectivity index is 1.63. The number of rotatable bonds is 6. The van der Waals surface area contributed by atoms with Gasteiger partial charge in [0.05, 0.1) is 16.7 Å². The van der Waals surface area contributed by atoms with Crippen molar-refractivity contribution in [2.75, 3.05) is 5.32 Å². The normalized spacial score (nSPS) is 13.1. The largest absolute Gasteiger partial charge is 0.417 e. The monoisotopic (exact) mass is 595 g/mol. The second-order valence-electron chi connectivity index (χ2n) is 10.9. The molecule has 0 radical (unpaired) electrons. The first-order valence-electron chi connectivity index (χ1n) is 13.3. The van der Waals surface area contributed by atoms with E-state index in [9.17, 15) is 26.3 Å². The molecule has 0 amide bonds. The van der Waals surface area contributed by atoms with Gasteiger partial charge in [-0.15, -0.1) is 5.10 Å². The Bertz CT molecular complexity index is 1720. The Morgan fingerprint density at radius 1 is 0.628 bits per heavy atom. The SMILES string of the molecule is CC(C)(C)n1nnnc1[C@H](Nc1ccc(-c2ccccc2C(F)(F)F)cc1)c1ccccc1-c1ccccc1C(F)(F)F. The highest BCUT2D eigenvalue weighted by molar-refractivity contribution is 5.74. The van der Waals surface area contributed by atoms with E-state index >= 15 is 0 Å². The van der Waals surface area contributed by atoms with E-state index in [4.69, 9.17) is 0 Å². The summed E-state index contributed by atoms with van der Waals surface area (Å²) in [6, 6.07) is 22.8. The number of aromatic nitrogens is 4. The van der Waals surface area contributed by atoms with Gasteiger partial charge in [0.25, 0.3) is 0 Å². The minimum Gasteiger partial charge on any atom is -0.371 e. The van der Waals surface area contributed by atoms with Gasteiger partial charge in [0.2, 0.25) is 0 Å². The lowest BCUT2D eigenvalue weighted by atomic mass is 9.91. The molecule has 1 heterocycles. The zero-order chi connectivity index (χ0) is 31.0. The first-order chi connectivity index (χ1) is 20.2. The lowest BCUT2D eigenvalue weighted by Crippen LogP contribution is -2.29. The second-order valence-corrected chi connectivity index (χ2v) is 10.9. The Morgan fingerprint density at radius 3 is 1.72 bits per heavy atom. The molecule has 0 aliphatic heterocycles. The molecule has 0 unspecified atom stereocenters. The van der Waals surface area contributed by atoms with Gasteiger partial charge in [-0.2, -0.15) is 26.3 Å². The van der Waals surface area contributed by atoms with E-state index in [0.29, 0.717) is 28.2 Å². The maximum Gasteiger partial charge on any atom is 0.417 e. The summed E-state index contributed by atoms with van der Waals surface area (Å²) in [4.78, 5) is 0. The van der Waals surface area contributed by atoms with E-state index in [0.717, 1.165) is 12.1 Å². The van der Waals surface area contributed by atoms with Crippen molar-refractivity contribution in [2.45, 2.75) is 44.7 Å². The highest BCUT2D eigenvalue weighted by atomic mass is 19.4. The van der Waals surface area contributed by atoms with Crippen LogP contribution in [0.4, 0.5) is 32.0 Å². The average molecular weight is 596 g/mol. The van der Waals surface area contributed by atoms with E-state index in [2.05, 4.69) is 20.8 Å². The third-order valence-corrected chi connectivity index (χ3v) is 6.92. The maximum absolute atomic E-state index is 14.1. The van der Waals surface area contributed by atoms with Crippen molar-refractivity contribution in [3.63, 3.8) is 0 Å². The van der Waals surface area contributed by atoms with Gasteiger partial charge in [-0.1, -0.05) is 72.8 Å². The molecule has 0 saturated heterocycles. The fourth-order valence-electron chi connectivity index (χ4n) is 4.99. The summed E-state index contributed by atoms with van der Waals surface area (Å²) in [6.07, 6.45) is -9.12. The van der Waals surface area contributed by atoms with Crippen LogP contribution in [0.25, 0.3) is 22.3 Å². The highest BCUT2D eigenvalue weighted by Crippen LogP contribution is 2.42. The molecule has 0 saturated carbocycles. The average Bonchev–Trinajstić information content (AvgIpc) is 3.46. The fraction of sp³-hybridized carbons (Fsp3) is 0.219. The number of alkyl halides is 6. The van der Waals surface area contributed by atoms with E-state index in [1.807, 2.05) is 20.8 Å². The van der Waals surface area contributed by atoms with E-state index in [1.165, 1.54) is 30.3 Å². The van der Waals surface area contributed by atoms with Crippen molar-refractivity contribution in [3.05, 3.63) is 120 Å². The van der Waals surface area contributed by atoms with Gasteiger partial charge in [-0.3, -0.25) is 0 Å². The van der Waals surface area contributed by atoms with E-state index in [1.54, 1.807) is 59.3 Å². The third-order valence-electron chi connectivity index (χ3n) is 6.92. The molecule has 5 nitrogen and oxygen atoms in total. The van der Waals surface area contributed by atoms with Gasteiger partial charge in [-0.25, -0.2) is 4.68 Å². The summed E-state index contributed by atoms with van der Waals surface area (Å²) in [5.74, 6) is 0.343. The van der Waals surface area contributed by atoms with Crippen LogP contribution in [-0.2, 0) is 17.9 Å². The Morgan fingerprint density at radius 2 is 1.14 bits per heavy atom. The Labute approximate surface area is 244 Å². The van der Waals surface area contributed by atoms with E-state index in [-0.39, 0.29) is 11.1 Å². The predicted molar refractivity (Wildman–Crippen MR) is 152 cm³/mol. The van der Waals surface area contributed by atoms with E-state index < -0.39 is 35.1 Å². The van der Waals surface area contributed by atoms with Crippen LogP contribution < -0.4 is 5.32 Å². The van der Waals surface area contributed by atoms with Crippen LogP contribution in [0, 0.1) is 0 Å². The molecule has 11 heteroatoms. The molecule has 222 valence electrons. The maximum atomic E-state index is 14.1. The first-order valence-corrected chi connectivity index (χ1v) is 13.3. The molecule has 4 aromatic carbocycles. The number of nitrogens with zero attached hydrogens (tertiary/aromatic N) is 4. The lowest BCUT2D eigenvalue weighted by Gasteiger charge is -2.27.